The maximum absolute atomic E-state index is 5.43. The van der Waals surface area contributed by atoms with Crippen LogP contribution in [0, 0.1) is 0 Å². The van der Waals surface area contributed by atoms with Gasteiger partial charge in [0.2, 0.25) is 0 Å². The van der Waals surface area contributed by atoms with Gasteiger partial charge in [-0.25, -0.2) is 4.98 Å². The van der Waals surface area contributed by atoms with Gasteiger partial charge in [0.25, 0.3) is 5.89 Å². The van der Waals surface area contributed by atoms with Crippen LogP contribution in [-0.2, 0) is 24.8 Å². The molecule has 4 heterocycles. The smallest absolute Gasteiger partial charge is 0.278 e. The average molecular weight is 378 g/mol. The molecule has 0 N–H and O–H groups in total. The summed E-state index contributed by atoms with van der Waals surface area (Å²) in [5.74, 6) is 1.64. The number of aryl methyl sites for hydroxylation is 1. The van der Waals surface area contributed by atoms with Gasteiger partial charge in [-0.3, -0.25) is 4.68 Å². The zero-order valence-electron chi connectivity index (χ0n) is 15.7. The fourth-order valence-electron chi connectivity index (χ4n) is 3.58. The fourth-order valence-corrected chi connectivity index (χ4v) is 3.58. The van der Waals surface area contributed by atoms with E-state index in [0.29, 0.717) is 23.8 Å². The molecule has 0 unspecified atom stereocenters. The first kappa shape index (κ1) is 16.7. The molecule has 0 bridgehead atoms. The largest absolute Gasteiger partial charge is 0.497 e. The predicted molar refractivity (Wildman–Crippen MR) is 99.1 cm³/mol. The second-order valence-corrected chi connectivity index (χ2v) is 6.60. The molecule has 9 nitrogen and oxygen atoms in total. The van der Waals surface area contributed by atoms with Crippen LogP contribution in [0.2, 0.25) is 0 Å². The van der Waals surface area contributed by atoms with Crippen LogP contribution in [0.3, 0.4) is 0 Å². The molecule has 28 heavy (non-hydrogen) atoms. The Bertz CT molecular complexity index is 1170. The van der Waals surface area contributed by atoms with Gasteiger partial charge in [-0.2, -0.15) is 10.1 Å². The van der Waals surface area contributed by atoms with Crippen LogP contribution in [0.4, 0.5) is 0 Å². The van der Waals surface area contributed by atoms with Crippen LogP contribution in [0.25, 0.3) is 28.5 Å². The Labute approximate surface area is 160 Å². The summed E-state index contributed by atoms with van der Waals surface area (Å²) in [7, 11) is 5.17. The molecule has 0 aliphatic carbocycles. The number of hydrogen-bond donors (Lipinski definition) is 0. The molecular formula is C19H18N6O3. The summed E-state index contributed by atoms with van der Waals surface area (Å²) >= 11 is 0. The topological polar surface area (TPSA) is 93.0 Å². The number of fused-ring (bicyclic) bond motifs is 5. The number of imidazole rings is 1. The van der Waals surface area contributed by atoms with Gasteiger partial charge in [0.05, 0.1) is 24.2 Å². The third-order valence-corrected chi connectivity index (χ3v) is 4.79. The third kappa shape index (κ3) is 2.51. The van der Waals surface area contributed by atoms with Crippen LogP contribution in [0.5, 0.6) is 5.75 Å². The molecule has 0 spiro atoms. The first-order valence-corrected chi connectivity index (χ1v) is 8.77. The van der Waals surface area contributed by atoms with Crippen LogP contribution in [0.15, 0.2) is 35.2 Å². The molecular weight excluding hydrogens is 360 g/mol. The Hall–Kier alpha value is -3.46. The van der Waals surface area contributed by atoms with E-state index in [4.69, 9.17) is 14.0 Å². The van der Waals surface area contributed by atoms with Crippen molar-refractivity contribution < 1.29 is 14.0 Å². The first-order valence-electron chi connectivity index (χ1n) is 8.77. The molecule has 0 amide bonds. The van der Waals surface area contributed by atoms with Crippen molar-refractivity contribution in [3.63, 3.8) is 0 Å². The lowest BCUT2D eigenvalue weighted by molar-refractivity contribution is 0.174. The van der Waals surface area contributed by atoms with Gasteiger partial charge in [0.1, 0.15) is 18.7 Å². The molecule has 1 aromatic carbocycles. The van der Waals surface area contributed by atoms with E-state index in [0.717, 1.165) is 34.0 Å². The van der Waals surface area contributed by atoms with Gasteiger partial charge in [-0.05, 0) is 18.2 Å². The lowest BCUT2D eigenvalue weighted by Gasteiger charge is -2.11. The maximum atomic E-state index is 5.43. The summed E-state index contributed by atoms with van der Waals surface area (Å²) in [6, 6.07) is 5.94. The molecule has 1 aliphatic heterocycles. The van der Waals surface area contributed by atoms with Crippen LogP contribution < -0.4 is 4.74 Å². The number of aromatic nitrogens is 6. The lowest BCUT2D eigenvalue weighted by Crippen LogP contribution is -2.01. The summed E-state index contributed by atoms with van der Waals surface area (Å²) in [5, 5.41) is 8.64. The van der Waals surface area contributed by atoms with E-state index in [2.05, 4.69) is 20.2 Å². The van der Waals surface area contributed by atoms with E-state index >= 15 is 0 Å². The van der Waals surface area contributed by atoms with Gasteiger partial charge in [0, 0.05) is 37.9 Å². The average Bonchev–Trinajstić information content (AvgIpc) is 3.39. The summed E-state index contributed by atoms with van der Waals surface area (Å²) in [4.78, 5) is 8.98. The molecule has 9 heteroatoms. The molecule has 0 atom stereocenters. The maximum Gasteiger partial charge on any atom is 0.278 e. The summed E-state index contributed by atoms with van der Waals surface area (Å²) in [6.07, 6.45) is 4.44. The van der Waals surface area contributed by atoms with E-state index in [1.807, 2.05) is 40.7 Å². The number of benzene rings is 1. The Morgan fingerprint density at radius 3 is 2.93 bits per heavy atom. The quantitative estimate of drug-likeness (QED) is 0.474. The van der Waals surface area contributed by atoms with Crippen LogP contribution >= 0.6 is 0 Å². The van der Waals surface area contributed by atoms with Crippen molar-refractivity contribution in [1.82, 2.24) is 29.5 Å². The minimum absolute atomic E-state index is 0.287. The zero-order chi connectivity index (χ0) is 19.3. The van der Waals surface area contributed by atoms with Crippen molar-refractivity contribution in [1.29, 1.82) is 0 Å². The minimum Gasteiger partial charge on any atom is -0.497 e. The van der Waals surface area contributed by atoms with E-state index in [1.54, 1.807) is 20.5 Å². The van der Waals surface area contributed by atoms with E-state index < -0.39 is 0 Å². The highest BCUT2D eigenvalue weighted by Gasteiger charge is 2.27. The Kier molecular flexibility index (Phi) is 3.76. The number of methoxy groups -OCH3 is 2. The Morgan fingerprint density at radius 2 is 2.11 bits per heavy atom. The van der Waals surface area contributed by atoms with Crippen LogP contribution in [0.1, 0.15) is 17.1 Å². The summed E-state index contributed by atoms with van der Waals surface area (Å²) < 4.78 is 19.8. The fraction of sp³-hybridized carbons (Fsp3) is 0.263. The first-order chi connectivity index (χ1) is 13.7. The normalized spacial score (nSPS) is 12.2. The number of nitrogens with zero attached hydrogens (tertiary/aromatic N) is 6. The van der Waals surface area contributed by atoms with Crippen molar-refractivity contribution in [2.45, 2.75) is 13.0 Å². The molecule has 5 rings (SSSR count). The summed E-state index contributed by atoms with van der Waals surface area (Å²) in [6.45, 7) is 0.287. The van der Waals surface area contributed by atoms with Crippen LogP contribution in [-0.4, -0.2) is 43.7 Å². The molecule has 0 saturated heterocycles. The second-order valence-electron chi connectivity index (χ2n) is 6.60. The Morgan fingerprint density at radius 1 is 1.21 bits per heavy atom. The molecule has 3 aromatic heterocycles. The Balaban J connectivity index is 1.71. The molecule has 0 saturated carbocycles. The number of rotatable bonds is 4. The molecule has 0 radical (unpaired) electrons. The van der Waals surface area contributed by atoms with Crippen molar-refractivity contribution in [2.24, 2.45) is 7.05 Å². The third-order valence-electron chi connectivity index (χ3n) is 4.79. The van der Waals surface area contributed by atoms with E-state index in [1.165, 1.54) is 0 Å². The standard InChI is InChI=1S/C19H18N6O3/c1-24-8-11-6-15-18(19-21-16(9-26-2)23-28-19)20-10-25(15)14-5-4-12(27-3)7-13(14)17(11)22-24/h4-5,7-8,10H,6,9H2,1-3H3. The lowest BCUT2D eigenvalue weighted by atomic mass is 10.0. The highest BCUT2D eigenvalue weighted by molar-refractivity contribution is 5.77. The van der Waals surface area contributed by atoms with Crippen molar-refractivity contribution in [2.75, 3.05) is 14.2 Å². The highest BCUT2D eigenvalue weighted by Crippen LogP contribution is 2.38. The number of ether oxygens (including phenoxy) is 2. The second kappa shape index (κ2) is 6.31. The monoisotopic (exact) mass is 378 g/mol. The summed E-state index contributed by atoms with van der Waals surface area (Å²) in [5.41, 5.74) is 5.61. The minimum atomic E-state index is 0.287. The predicted octanol–water partition coefficient (Wildman–Crippen LogP) is 2.38. The SMILES string of the molecule is COCc1noc(-c2ncn3c2Cc2cn(C)nc2-c2cc(OC)ccc2-3)n1. The highest BCUT2D eigenvalue weighted by atomic mass is 16.5. The van der Waals surface area contributed by atoms with Gasteiger partial charge in [-0.15, -0.1) is 0 Å². The van der Waals surface area contributed by atoms with E-state index in [9.17, 15) is 0 Å². The van der Waals surface area contributed by atoms with Gasteiger partial charge in [0.15, 0.2) is 11.5 Å². The van der Waals surface area contributed by atoms with Gasteiger partial charge < -0.3 is 18.6 Å². The van der Waals surface area contributed by atoms with Gasteiger partial charge >= 0.3 is 0 Å². The van der Waals surface area contributed by atoms with Crippen molar-refractivity contribution in [3.05, 3.63) is 47.8 Å². The molecule has 142 valence electrons. The van der Waals surface area contributed by atoms with Crippen molar-refractivity contribution in [3.8, 4) is 34.3 Å². The van der Waals surface area contributed by atoms with E-state index in [-0.39, 0.29) is 6.61 Å². The zero-order valence-corrected chi connectivity index (χ0v) is 15.7. The molecule has 4 aromatic rings. The molecule has 1 aliphatic rings. The van der Waals surface area contributed by atoms with Crippen molar-refractivity contribution >= 4 is 0 Å². The van der Waals surface area contributed by atoms with Gasteiger partial charge in [-0.1, -0.05) is 5.16 Å². The number of hydrogen-bond acceptors (Lipinski definition) is 7. The molecule has 0 fully saturated rings.